The van der Waals surface area contributed by atoms with Gasteiger partial charge < -0.3 is 10.1 Å². The van der Waals surface area contributed by atoms with Crippen molar-refractivity contribution in [2.75, 3.05) is 26.3 Å². The molecule has 0 spiro atoms. The molecule has 1 unspecified atom stereocenters. The fourth-order valence-corrected chi connectivity index (χ4v) is 3.83. The minimum atomic E-state index is -0.251. The van der Waals surface area contributed by atoms with Gasteiger partial charge in [-0.2, -0.15) is 0 Å². The second kappa shape index (κ2) is 9.90. The van der Waals surface area contributed by atoms with Crippen molar-refractivity contribution in [3.8, 4) is 0 Å². The topological polar surface area (TPSA) is 41.6 Å². The lowest BCUT2D eigenvalue weighted by molar-refractivity contribution is 0.0342. The van der Waals surface area contributed by atoms with Gasteiger partial charge in [0, 0.05) is 30.2 Å². The van der Waals surface area contributed by atoms with Gasteiger partial charge in [-0.15, -0.1) is 0 Å². The van der Waals surface area contributed by atoms with Crippen molar-refractivity contribution >= 4 is 17.5 Å². The summed E-state index contributed by atoms with van der Waals surface area (Å²) in [5, 5.41) is 3.87. The predicted molar refractivity (Wildman–Crippen MR) is 120 cm³/mol. The summed E-state index contributed by atoms with van der Waals surface area (Å²) in [5.74, 6) is -0.0948. The van der Waals surface area contributed by atoms with Gasteiger partial charge >= 0.3 is 0 Å². The van der Waals surface area contributed by atoms with Crippen LogP contribution in [0, 0.1) is 0 Å². The molecule has 1 N–H and O–H groups in total. The van der Waals surface area contributed by atoms with E-state index in [-0.39, 0.29) is 11.9 Å². The van der Waals surface area contributed by atoms with E-state index in [1.807, 2.05) is 72.8 Å². The molecule has 0 aromatic heterocycles. The molecular weight excluding hydrogens is 396 g/mol. The Kier molecular flexibility index (Phi) is 6.80. The van der Waals surface area contributed by atoms with Gasteiger partial charge in [0.1, 0.15) is 0 Å². The van der Waals surface area contributed by atoms with Gasteiger partial charge in [0.05, 0.1) is 19.3 Å². The Balaban J connectivity index is 1.53. The SMILES string of the molecule is O=C(NC(c1ccccc1)c1ccc(Cl)cc1)c1cccc(CN2CCOCC2)c1. The van der Waals surface area contributed by atoms with Crippen LogP contribution in [0.1, 0.15) is 33.1 Å². The number of carbonyl (C=O) groups is 1. The fraction of sp³-hybridized carbons (Fsp3) is 0.240. The van der Waals surface area contributed by atoms with Crippen LogP contribution in [0.4, 0.5) is 0 Å². The number of morpholine rings is 1. The van der Waals surface area contributed by atoms with E-state index in [0.717, 1.165) is 49.5 Å². The lowest BCUT2D eigenvalue weighted by atomic mass is 9.98. The highest BCUT2D eigenvalue weighted by atomic mass is 35.5. The van der Waals surface area contributed by atoms with E-state index in [4.69, 9.17) is 16.3 Å². The van der Waals surface area contributed by atoms with E-state index < -0.39 is 0 Å². The zero-order valence-electron chi connectivity index (χ0n) is 16.8. The van der Waals surface area contributed by atoms with Crippen LogP contribution in [0.2, 0.25) is 5.02 Å². The smallest absolute Gasteiger partial charge is 0.252 e. The van der Waals surface area contributed by atoms with E-state index in [9.17, 15) is 4.79 Å². The third-order valence-electron chi connectivity index (χ3n) is 5.31. The molecule has 154 valence electrons. The van der Waals surface area contributed by atoms with Crippen LogP contribution in [-0.4, -0.2) is 37.1 Å². The predicted octanol–water partition coefficient (Wildman–Crippen LogP) is 4.69. The Labute approximate surface area is 182 Å². The summed E-state index contributed by atoms with van der Waals surface area (Å²) >= 11 is 6.06. The highest BCUT2D eigenvalue weighted by molar-refractivity contribution is 6.30. The van der Waals surface area contributed by atoms with Crippen LogP contribution < -0.4 is 5.32 Å². The van der Waals surface area contributed by atoms with Crippen LogP contribution in [0.3, 0.4) is 0 Å². The van der Waals surface area contributed by atoms with Gasteiger partial charge in [0.25, 0.3) is 5.91 Å². The first-order valence-electron chi connectivity index (χ1n) is 10.2. The molecule has 1 fully saturated rings. The lowest BCUT2D eigenvalue weighted by Gasteiger charge is -2.26. The van der Waals surface area contributed by atoms with Gasteiger partial charge in [-0.3, -0.25) is 9.69 Å². The number of amides is 1. The van der Waals surface area contributed by atoms with Gasteiger partial charge in [0.15, 0.2) is 0 Å². The number of carbonyl (C=O) groups excluding carboxylic acids is 1. The quantitative estimate of drug-likeness (QED) is 0.628. The molecule has 4 nitrogen and oxygen atoms in total. The molecule has 0 saturated carbocycles. The summed E-state index contributed by atoms with van der Waals surface area (Å²) < 4.78 is 5.42. The van der Waals surface area contributed by atoms with Crippen molar-refractivity contribution in [3.63, 3.8) is 0 Å². The number of benzene rings is 3. The molecule has 1 atom stereocenters. The molecular formula is C25H25ClN2O2. The first kappa shape index (κ1) is 20.6. The van der Waals surface area contributed by atoms with Gasteiger partial charge in [0.2, 0.25) is 0 Å². The lowest BCUT2D eigenvalue weighted by Crippen LogP contribution is -2.35. The van der Waals surface area contributed by atoms with Crippen LogP contribution in [0.25, 0.3) is 0 Å². The van der Waals surface area contributed by atoms with Crippen molar-refractivity contribution in [2.45, 2.75) is 12.6 Å². The number of nitrogens with zero attached hydrogens (tertiary/aromatic N) is 1. The molecule has 1 amide bonds. The van der Waals surface area contributed by atoms with Crippen LogP contribution in [-0.2, 0) is 11.3 Å². The summed E-state index contributed by atoms with van der Waals surface area (Å²) in [4.78, 5) is 15.5. The molecule has 30 heavy (non-hydrogen) atoms. The van der Waals surface area contributed by atoms with Gasteiger partial charge in [-0.05, 0) is 41.0 Å². The van der Waals surface area contributed by atoms with Crippen LogP contribution in [0.15, 0.2) is 78.9 Å². The Morgan fingerprint density at radius 2 is 1.63 bits per heavy atom. The molecule has 3 aromatic carbocycles. The molecule has 1 heterocycles. The molecule has 4 rings (SSSR count). The average molecular weight is 421 g/mol. The van der Waals surface area contributed by atoms with E-state index in [1.54, 1.807) is 0 Å². The number of hydrogen-bond donors (Lipinski definition) is 1. The second-order valence-corrected chi connectivity index (χ2v) is 7.89. The highest BCUT2D eigenvalue weighted by Crippen LogP contribution is 2.24. The number of hydrogen-bond acceptors (Lipinski definition) is 3. The maximum absolute atomic E-state index is 13.1. The third kappa shape index (κ3) is 5.28. The largest absolute Gasteiger partial charge is 0.379 e. The number of rotatable bonds is 6. The zero-order valence-corrected chi connectivity index (χ0v) is 17.5. The normalized spacial score (nSPS) is 15.5. The molecule has 1 saturated heterocycles. The maximum Gasteiger partial charge on any atom is 0.252 e. The molecule has 1 aliphatic rings. The minimum absolute atomic E-state index is 0.0948. The van der Waals surface area contributed by atoms with Crippen LogP contribution >= 0.6 is 11.6 Å². The monoisotopic (exact) mass is 420 g/mol. The van der Waals surface area contributed by atoms with Gasteiger partial charge in [-0.25, -0.2) is 0 Å². The van der Waals surface area contributed by atoms with Crippen molar-refractivity contribution in [1.29, 1.82) is 0 Å². The Morgan fingerprint density at radius 1 is 0.933 bits per heavy atom. The van der Waals surface area contributed by atoms with E-state index in [0.29, 0.717) is 10.6 Å². The maximum atomic E-state index is 13.1. The zero-order chi connectivity index (χ0) is 20.8. The molecule has 5 heteroatoms. The summed E-state index contributed by atoms with van der Waals surface area (Å²) in [7, 11) is 0. The Bertz CT molecular complexity index is 970. The molecule has 0 radical (unpaired) electrons. The fourth-order valence-electron chi connectivity index (χ4n) is 3.70. The Morgan fingerprint density at radius 3 is 2.37 bits per heavy atom. The van der Waals surface area contributed by atoms with Crippen molar-refractivity contribution < 1.29 is 9.53 Å². The average Bonchev–Trinajstić information content (AvgIpc) is 2.79. The summed E-state index contributed by atoms with van der Waals surface area (Å²) in [6, 6.07) is 25.2. The summed E-state index contributed by atoms with van der Waals surface area (Å²) in [5.41, 5.74) is 3.81. The molecule has 0 aliphatic carbocycles. The van der Waals surface area contributed by atoms with E-state index in [1.165, 1.54) is 0 Å². The molecule has 1 aliphatic heterocycles. The number of halogens is 1. The van der Waals surface area contributed by atoms with E-state index in [2.05, 4.69) is 16.3 Å². The number of nitrogens with one attached hydrogen (secondary N) is 1. The third-order valence-corrected chi connectivity index (χ3v) is 5.56. The molecule has 0 bridgehead atoms. The molecule has 3 aromatic rings. The number of ether oxygens (including phenoxy) is 1. The highest BCUT2D eigenvalue weighted by Gasteiger charge is 2.18. The summed E-state index contributed by atoms with van der Waals surface area (Å²) in [6.45, 7) is 4.19. The first-order chi connectivity index (χ1) is 14.7. The van der Waals surface area contributed by atoms with Crippen LogP contribution in [0.5, 0.6) is 0 Å². The Hall–Kier alpha value is -2.66. The van der Waals surface area contributed by atoms with Crippen molar-refractivity contribution in [3.05, 3.63) is 106 Å². The minimum Gasteiger partial charge on any atom is -0.379 e. The second-order valence-electron chi connectivity index (χ2n) is 7.46. The van der Waals surface area contributed by atoms with Crippen molar-refractivity contribution in [2.24, 2.45) is 0 Å². The first-order valence-corrected chi connectivity index (χ1v) is 10.6. The summed E-state index contributed by atoms with van der Waals surface area (Å²) in [6.07, 6.45) is 0. The standard InChI is InChI=1S/C25H25ClN2O2/c26-23-11-9-21(10-12-23)24(20-6-2-1-3-7-20)27-25(29)22-8-4-5-19(17-22)18-28-13-15-30-16-14-28/h1-12,17,24H,13-16,18H2,(H,27,29). The van der Waals surface area contributed by atoms with Crippen molar-refractivity contribution in [1.82, 2.24) is 10.2 Å². The van der Waals surface area contributed by atoms with E-state index >= 15 is 0 Å². The van der Waals surface area contributed by atoms with Gasteiger partial charge in [-0.1, -0.05) is 66.2 Å².